The molecule has 1 amide bonds. The van der Waals surface area contributed by atoms with Crippen LogP contribution in [0.2, 0.25) is 0 Å². The van der Waals surface area contributed by atoms with E-state index in [1.54, 1.807) is 7.11 Å². The molecule has 6 heteroatoms. The van der Waals surface area contributed by atoms with Crippen molar-refractivity contribution in [3.05, 3.63) is 77.9 Å². The number of nitrogens with zero attached hydrogens (tertiary/aromatic N) is 2. The molecule has 1 aliphatic heterocycles. The van der Waals surface area contributed by atoms with Gasteiger partial charge in [0, 0.05) is 58.1 Å². The molecular weight excluding hydrogens is 448 g/mol. The number of amides is 1. The lowest BCUT2D eigenvalue weighted by atomic mass is 10.0. The van der Waals surface area contributed by atoms with Crippen LogP contribution in [0.25, 0.3) is 10.8 Å². The second-order valence-electron chi connectivity index (χ2n) is 9.52. The van der Waals surface area contributed by atoms with E-state index in [1.165, 1.54) is 27.6 Å². The van der Waals surface area contributed by atoms with Gasteiger partial charge in [-0.25, -0.2) is 0 Å². The average Bonchev–Trinajstić information content (AvgIpc) is 3.31. The summed E-state index contributed by atoms with van der Waals surface area (Å²) in [4.78, 5) is 17.8. The van der Waals surface area contributed by atoms with E-state index in [1.807, 2.05) is 0 Å². The highest BCUT2D eigenvalue weighted by Gasteiger charge is 2.36. The number of carbonyl (C=O) groups is 1. The van der Waals surface area contributed by atoms with Gasteiger partial charge in [-0.3, -0.25) is 9.69 Å². The Labute approximate surface area is 215 Å². The Morgan fingerprint density at radius 3 is 2.53 bits per heavy atom. The normalized spacial score (nSPS) is 18.0. The predicted octanol–water partition coefficient (Wildman–Crippen LogP) is 4.18. The number of methoxy groups -OCH3 is 1. The third-order valence-electron chi connectivity index (χ3n) is 7.22. The summed E-state index contributed by atoms with van der Waals surface area (Å²) in [6, 6.07) is 23.9. The molecule has 3 aromatic rings. The van der Waals surface area contributed by atoms with Crippen LogP contribution in [0.3, 0.4) is 0 Å². The van der Waals surface area contributed by atoms with Gasteiger partial charge in [0.2, 0.25) is 5.91 Å². The SMILES string of the molecule is CCN(CC)c1ccc(CN2C[C@@H](NCc3cccc4ccccc34)C[C@H]2C(=O)NCCOC)cc1. The van der Waals surface area contributed by atoms with Gasteiger partial charge >= 0.3 is 0 Å². The number of carbonyl (C=O) groups excluding carboxylic acids is 1. The highest BCUT2D eigenvalue weighted by molar-refractivity contribution is 5.85. The van der Waals surface area contributed by atoms with E-state index in [-0.39, 0.29) is 18.0 Å². The largest absolute Gasteiger partial charge is 0.383 e. The van der Waals surface area contributed by atoms with Crippen LogP contribution in [0, 0.1) is 0 Å². The number of anilines is 1. The molecule has 1 aliphatic rings. The van der Waals surface area contributed by atoms with Gasteiger partial charge < -0.3 is 20.3 Å². The maximum atomic E-state index is 13.1. The molecule has 192 valence electrons. The zero-order chi connectivity index (χ0) is 25.3. The fraction of sp³-hybridized carbons (Fsp3) is 0.433. The molecular formula is C30H40N4O2. The second kappa shape index (κ2) is 12.9. The molecule has 2 atom stereocenters. The van der Waals surface area contributed by atoms with Crippen molar-refractivity contribution >= 4 is 22.4 Å². The standard InChI is InChI=1S/C30H40N4O2/c1-4-33(5-2)27-15-13-23(14-16-27)21-34-22-26(19-29(34)30(35)31-17-18-36-3)32-20-25-11-8-10-24-9-6-7-12-28(24)25/h6-16,26,29,32H,4-5,17-22H2,1-3H3,(H,31,35)/t26-,29-/m0/s1. The molecule has 0 spiro atoms. The van der Waals surface area contributed by atoms with Crippen LogP contribution in [0.4, 0.5) is 5.69 Å². The Morgan fingerprint density at radius 2 is 1.78 bits per heavy atom. The van der Waals surface area contributed by atoms with Crippen molar-refractivity contribution in [3.8, 4) is 0 Å². The van der Waals surface area contributed by atoms with Gasteiger partial charge in [-0.05, 0) is 54.3 Å². The molecule has 0 unspecified atom stereocenters. The van der Waals surface area contributed by atoms with Crippen LogP contribution in [-0.4, -0.2) is 62.8 Å². The minimum atomic E-state index is -0.158. The Bertz CT molecular complexity index is 1110. The topological polar surface area (TPSA) is 56.8 Å². The summed E-state index contributed by atoms with van der Waals surface area (Å²) in [6.07, 6.45) is 0.793. The average molecular weight is 489 g/mol. The van der Waals surface area contributed by atoms with Crippen molar-refractivity contribution < 1.29 is 9.53 Å². The smallest absolute Gasteiger partial charge is 0.237 e. The molecule has 6 nitrogen and oxygen atoms in total. The second-order valence-corrected chi connectivity index (χ2v) is 9.52. The number of likely N-dealkylation sites (tertiary alicyclic amines) is 1. The highest BCUT2D eigenvalue weighted by atomic mass is 16.5. The summed E-state index contributed by atoms with van der Waals surface area (Å²) in [7, 11) is 1.66. The summed E-state index contributed by atoms with van der Waals surface area (Å²) < 4.78 is 5.13. The summed E-state index contributed by atoms with van der Waals surface area (Å²) in [5.41, 5.74) is 3.77. The molecule has 1 fully saturated rings. The van der Waals surface area contributed by atoms with E-state index in [4.69, 9.17) is 4.74 Å². The Hall–Kier alpha value is -2.93. The van der Waals surface area contributed by atoms with E-state index < -0.39 is 0 Å². The van der Waals surface area contributed by atoms with Crippen molar-refractivity contribution in [3.63, 3.8) is 0 Å². The van der Waals surface area contributed by atoms with Crippen molar-refractivity contribution in [2.24, 2.45) is 0 Å². The predicted molar refractivity (Wildman–Crippen MR) is 148 cm³/mol. The summed E-state index contributed by atoms with van der Waals surface area (Å²) >= 11 is 0. The van der Waals surface area contributed by atoms with E-state index >= 15 is 0 Å². The number of fused-ring (bicyclic) bond motifs is 1. The van der Waals surface area contributed by atoms with Crippen LogP contribution in [0.15, 0.2) is 66.7 Å². The number of benzene rings is 3. The molecule has 0 aromatic heterocycles. The quantitative estimate of drug-likeness (QED) is 0.375. The lowest BCUT2D eigenvalue weighted by Crippen LogP contribution is -2.43. The number of hydrogen-bond donors (Lipinski definition) is 2. The van der Waals surface area contributed by atoms with Gasteiger partial charge in [-0.2, -0.15) is 0 Å². The van der Waals surface area contributed by atoms with E-state index in [0.29, 0.717) is 13.2 Å². The van der Waals surface area contributed by atoms with Crippen LogP contribution >= 0.6 is 0 Å². The third-order valence-corrected chi connectivity index (χ3v) is 7.22. The van der Waals surface area contributed by atoms with Crippen molar-refractivity contribution in [1.29, 1.82) is 0 Å². The fourth-order valence-electron chi connectivity index (χ4n) is 5.23. The first kappa shape index (κ1) is 26.1. The maximum Gasteiger partial charge on any atom is 0.237 e. The lowest BCUT2D eigenvalue weighted by molar-refractivity contribution is -0.125. The van der Waals surface area contributed by atoms with Gasteiger partial charge in [0.1, 0.15) is 0 Å². The summed E-state index contributed by atoms with van der Waals surface area (Å²) in [5.74, 6) is 0.0845. The third kappa shape index (κ3) is 6.44. The van der Waals surface area contributed by atoms with Gasteiger partial charge in [-0.1, -0.05) is 54.6 Å². The molecule has 3 aromatic carbocycles. The summed E-state index contributed by atoms with van der Waals surface area (Å²) in [6.45, 7) is 9.79. The van der Waals surface area contributed by atoms with Crippen LogP contribution < -0.4 is 15.5 Å². The molecule has 0 radical (unpaired) electrons. The van der Waals surface area contributed by atoms with Gasteiger partial charge in [0.05, 0.1) is 12.6 Å². The molecule has 1 heterocycles. The van der Waals surface area contributed by atoms with Crippen molar-refractivity contribution in [1.82, 2.24) is 15.5 Å². The van der Waals surface area contributed by atoms with Crippen LogP contribution in [0.5, 0.6) is 0 Å². The first-order chi connectivity index (χ1) is 17.6. The van der Waals surface area contributed by atoms with E-state index in [9.17, 15) is 4.79 Å². The number of ether oxygens (including phenoxy) is 1. The Balaban J connectivity index is 1.44. The minimum absolute atomic E-state index is 0.0845. The first-order valence-electron chi connectivity index (χ1n) is 13.2. The van der Waals surface area contributed by atoms with Gasteiger partial charge in [0.15, 0.2) is 0 Å². The molecule has 0 bridgehead atoms. The maximum absolute atomic E-state index is 13.1. The van der Waals surface area contributed by atoms with E-state index in [2.05, 4.69) is 101 Å². The molecule has 1 saturated heterocycles. The molecule has 2 N–H and O–H groups in total. The summed E-state index contributed by atoms with van der Waals surface area (Å²) in [5, 5.41) is 9.34. The van der Waals surface area contributed by atoms with E-state index in [0.717, 1.165) is 39.1 Å². The number of rotatable bonds is 12. The Kier molecular flexibility index (Phi) is 9.34. The van der Waals surface area contributed by atoms with Crippen molar-refractivity contribution in [2.45, 2.75) is 45.4 Å². The lowest BCUT2D eigenvalue weighted by Gasteiger charge is -2.25. The van der Waals surface area contributed by atoms with Crippen LogP contribution in [0.1, 0.15) is 31.4 Å². The Morgan fingerprint density at radius 1 is 1.03 bits per heavy atom. The van der Waals surface area contributed by atoms with Crippen molar-refractivity contribution in [2.75, 3.05) is 44.8 Å². The monoisotopic (exact) mass is 488 g/mol. The zero-order valence-corrected chi connectivity index (χ0v) is 21.9. The first-order valence-corrected chi connectivity index (χ1v) is 13.2. The number of hydrogen-bond acceptors (Lipinski definition) is 5. The minimum Gasteiger partial charge on any atom is -0.383 e. The number of nitrogens with one attached hydrogen (secondary N) is 2. The fourth-order valence-corrected chi connectivity index (χ4v) is 5.23. The molecule has 36 heavy (non-hydrogen) atoms. The van der Waals surface area contributed by atoms with Gasteiger partial charge in [0.25, 0.3) is 0 Å². The van der Waals surface area contributed by atoms with Crippen LogP contribution in [-0.2, 0) is 22.6 Å². The highest BCUT2D eigenvalue weighted by Crippen LogP contribution is 2.24. The van der Waals surface area contributed by atoms with Gasteiger partial charge in [-0.15, -0.1) is 0 Å². The molecule has 0 saturated carbocycles. The molecule has 4 rings (SSSR count). The zero-order valence-electron chi connectivity index (χ0n) is 21.9. The molecule has 0 aliphatic carbocycles.